The number of rotatable bonds is 2. The normalized spacial score (nSPS) is 16.3. The van der Waals surface area contributed by atoms with Gasteiger partial charge in [-0.1, -0.05) is 12.2 Å². The van der Waals surface area contributed by atoms with E-state index in [0.29, 0.717) is 18.8 Å². The molecule has 1 amide bonds. The summed E-state index contributed by atoms with van der Waals surface area (Å²) in [7, 11) is 1.66. The molecule has 1 aromatic rings. The lowest BCUT2D eigenvalue weighted by Crippen LogP contribution is -2.48. The summed E-state index contributed by atoms with van der Waals surface area (Å²) in [6, 6.07) is 3.75. The Labute approximate surface area is 125 Å². The maximum atomic E-state index is 13.1. The van der Waals surface area contributed by atoms with E-state index in [0.717, 1.165) is 6.07 Å². The number of alkyl halides is 3. The molecule has 2 rings (SSSR count). The molecular weight excluding hydrogens is 303 g/mol. The number of benzene rings is 1. The second-order valence-corrected chi connectivity index (χ2v) is 5.27. The first kappa shape index (κ1) is 15.6. The molecule has 1 aromatic carbocycles. The summed E-state index contributed by atoms with van der Waals surface area (Å²) in [5.41, 5.74) is 4.59. The van der Waals surface area contributed by atoms with Crippen molar-refractivity contribution in [2.75, 3.05) is 31.6 Å². The first-order valence-corrected chi connectivity index (χ1v) is 6.61. The SMILES string of the molecule is CN1CCN(c2ccc(C(N)=S)c(C(F)(F)F)c2)CC1=O. The van der Waals surface area contributed by atoms with E-state index in [1.807, 2.05) is 0 Å². The highest BCUT2D eigenvalue weighted by Crippen LogP contribution is 2.35. The minimum Gasteiger partial charge on any atom is -0.389 e. The molecule has 0 radical (unpaired) electrons. The van der Waals surface area contributed by atoms with Crippen molar-refractivity contribution in [3.63, 3.8) is 0 Å². The van der Waals surface area contributed by atoms with E-state index in [1.165, 1.54) is 12.1 Å². The molecule has 1 saturated heterocycles. The Kier molecular flexibility index (Phi) is 4.08. The van der Waals surface area contributed by atoms with Gasteiger partial charge in [0.2, 0.25) is 5.91 Å². The second-order valence-electron chi connectivity index (χ2n) is 4.83. The van der Waals surface area contributed by atoms with Crippen molar-refractivity contribution in [2.24, 2.45) is 5.73 Å². The van der Waals surface area contributed by atoms with Crippen LogP contribution in [0.4, 0.5) is 18.9 Å². The molecule has 1 aliphatic heterocycles. The maximum Gasteiger partial charge on any atom is 0.417 e. The highest BCUT2D eigenvalue weighted by atomic mass is 32.1. The van der Waals surface area contributed by atoms with Crippen molar-refractivity contribution in [3.8, 4) is 0 Å². The molecule has 21 heavy (non-hydrogen) atoms. The summed E-state index contributed by atoms with van der Waals surface area (Å²) in [6.45, 7) is 1.00. The van der Waals surface area contributed by atoms with Crippen LogP contribution in [-0.2, 0) is 11.0 Å². The van der Waals surface area contributed by atoms with Crippen LogP contribution in [0.5, 0.6) is 0 Å². The first-order valence-electron chi connectivity index (χ1n) is 6.20. The molecule has 0 bridgehead atoms. The number of carbonyl (C=O) groups excluding carboxylic acids is 1. The summed E-state index contributed by atoms with van der Waals surface area (Å²) in [6.07, 6.45) is -4.55. The largest absolute Gasteiger partial charge is 0.417 e. The van der Waals surface area contributed by atoms with Crippen molar-refractivity contribution >= 4 is 28.8 Å². The van der Waals surface area contributed by atoms with Crippen molar-refractivity contribution < 1.29 is 18.0 Å². The van der Waals surface area contributed by atoms with Crippen LogP contribution in [0.3, 0.4) is 0 Å². The van der Waals surface area contributed by atoms with Crippen LogP contribution < -0.4 is 10.6 Å². The lowest BCUT2D eigenvalue weighted by molar-refractivity contribution is -0.137. The molecule has 114 valence electrons. The highest BCUT2D eigenvalue weighted by Gasteiger charge is 2.35. The van der Waals surface area contributed by atoms with Gasteiger partial charge in [0.1, 0.15) is 4.99 Å². The van der Waals surface area contributed by atoms with E-state index in [9.17, 15) is 18.0 Å². The number of hydrogen-bond acceptors (Lipinski definition) is 3. The van der Waals surface area contributed by atoms with Crippen LogP contribution in [0.25, 0.3) is 0 Å². The number of nitrogens with two attached hydrogens (primary N) is 1. The predicted molar refractivity (Wildman–Crippen MR) is 77.2 cm³/mol. The van der Waals surface area contributed by atoms with Crippen molar-refractivity contribution in [2.45, 2.75) is 6.18 Å². The number of halogens is 3. The van der Waals surface area contributed by atoms with Gasteiger partial charge in [0, 0.05) is 31.4 Å². The summed E-state index contributed by atoms with van der Waals surface area (Å²) < 4.78 is 39.3. The topological polar surface area (TPSA) is 49.6 Å². The Morgan fingerprint density at radius 3 is 2.52 bits per heavy atom. The summed E-state index contributed by atoms with van der Waals surface area (Å²) >= 11 is 4.66. The van der Waals surface area contributed by atoms with Crippen molar-refractivity contribution in [1.82, 2.24) is 4.90 Å². The molecule has 0 atom stereocenters. The molecule has 0 saturated carbocycles. The molecular formula is C13H14F3N3OS. The van der Waals surface area contributed by atoms with E-state index in [2.05, 4.69) is 12.2 Å². The van der Waals surface area contributed by atoms with Crippen LogP contribution >= 0.6 is 12.2 Å². The van der Waals surface area contributed by atoms with Crippen LogP contribution in [0.15, 0.2) is 18.2 Å². The zero-order valence-electron chi connectivity index (χ0n) is 11.3. The number of amides is 1. The van der Waals surface area contributed by atoms with Crippen LogP contribution in [0.1, 0.15) is 11.1 Å². The lowest BCUT2D eigenvalue weighted by atomic mass is 10.0. The van der Waals surface area contributed by atoms with Gasteiger partial charge < -0.3 is 15.5 Å². The van der Waals surface area contributed by atoms with Gasteiger partial charge in [-0.15, -0.1) is 0 Å². The average molecular weight is 317 g/mol. The zero-order valence-corrected chi connectivity index (χ0v) is 12.1. The molecule has 1 heterocycles. The number of likely N-dealkylation sites (N-methyl/N-ethyl adjacent to an activating group) is 1. The molecule has 1 aliphatic rings. The van der Waals surface area contributed by atoms with Gasteiger partial charge >= 0.3 is 6.18 Å². The van der Waals surface area contributed by atoms with Gasteiger partial charge in [-0.25, -0.2) is 0 Å². The Bertz CT molecular complexity index is 589. The second kappa shape index (κ2) is 5.51. The quantitative estimate of drug-likeness (QED) is 0.842. The number of anilines is 1. The lowest BCUT2D eigenvalue weighted by Gasteiger charge is -2.34. The Morgan fingerprint density at radius 1 is 1.33 bits per heavy atom. The standard InChI is InChI=1S/C13H14F3N3OS/c1-18-4-5-19(7-11(18)20)8-2-3-9(12(17)21)10(6-8)13(14,15)16/h2-3,6H,4-5,7H2,1H3,(H2,17,21). The minimum absolute atomic E-state index is 0.0558. The summed E-state index contributed by atoms with van der Waals surface area (Å²) in [4.78, 5) is 14.5. The minimum atomic E-state index is -4.55. The molecule has 8 heteroatoms. The van der Waals surface area contributed by atoms with E-state index >= 15 is 0 Å². The van der Waals surface area contributed by atoms with Gasteiger partial charge in [-0.05, 0) is 18.2 Å². The summed E-state index contributed by atoms with van der Waals surface area (Å²) in [5.74, 6) is -0.131. The molecule has 1 fully saturated rings. The van der Waals surface area contributed by atoms with Crippen molar-refractivity contribution in [3.05, 3.63) is 29.3 Å². The third-order valence-corrected chi connectivity index (χ3v) is 3.62. The fraction of sp³-hybridized carbons (Fsp3) is 0.385. The van der Waals surface area contributed by atoms with E-state index in [1.54, 1.807) is 16.8 Å². The van der Waals surface area contributed by atoms with Crippen molar-refractivity contribution in [1.29, 1.82) is 0 Å². The Hall–Kier alpha value is -1.83. The Balaban J connectivity index is 2.38. The van der Waals surface area contributed by atoms with Crippen LogP contribution in [-0.4, -0.2) is 42.5 Å². The molecule has 0 unspecified atom stereocenters. The third kappa shape index (κ3) is 3.26. The van der Waals surface area contributed by atoms with E-state index in [4.69, 9.17) is 5.73 Å². The monoisotopic (exact) mass is 317 g/mol. The van der Waals surface area contributed by atoms with E-state index < -0.39 is 11.7 Å². The van der Waals surface area contributed by atoms with Crippen LogP contribution in [0, 0.1) is 0 Å². The number of piperazine rings is 1. The number of nitrogens with zero attached hydrogens (tertiary/aromatic N) is 2. The molecule has 0 aromatic heterocycles. The molecule has 0 spiro atoms. The van der Waals surface area contributed by atoms with Gasteiger partial charge in [0.05, 0.1) is 12.1 Å². The fourth-order valence-corrected chi connectivity index (χ4v) is 2.34. The smallest absolute Gasteiger partial charge is 0.389 e. The maximum absolute atomic E-state index is 13.1. The highest BCUT2D eigenvalue weighted by molar-refractivity contribution is 7.80. The van der Waals surface area contributed by atoms with Gasteiger partial charge in [0.25, 0.3) is 0 Å². The van der Waals surface area contributed by atoms with Gasteiger partial charge in [0.15, 0.2) is 0 Å². The number of hydrogen-bond donors (Lipinski definition) is 1. The molecule has 0 aliphatic carbocycles. The molecule has 2 N–H and O–H groups in total. The fourth-order valence-electron chi connectivity index (χ4n) is 2.16. The number of carbonyl (C=O) groups is 1. The Morgan fingerprint density at radius 2 is 2.00 bits per heavy atom. The first-order chi connectivity index (χ1) is 9.70. The van der Waals surface area contributed by atoms with Gasteiger partial charge in [-0.2, -0.15) is 13.2 Å². The zero-order chi connectivity index (χ0) is 15.8. The van der Waals surface area contributed by atoms with Crippen LogP contribution in [0.2, 0.25) is 0 Å². The molecule has 4 nitrogen and oxygen atoms in total. The van der Waals surface area contributed by atoms with E-state index in [-0.39, 0.29) is 23.0 Å². The third-order valence-electron chi connectivity index (χ3n) is 3.40. The number of thiocarbonyl (C=S) groups is 1. The average Bonchev–Trinajstić information content (AvgIpc) is 2.40. The summed E-state index contributed by atoms with van der Waals surface area (Å²) in [5, 5.41) is 0. The van der Waals surface area contributed by atoms with Gasteiger partial charge in [-0.3, -0.25) is 4.79 Å². The predicted octanol–water partition coefficient (Wildman–Crippen LogP) is 1.62.